The number of likely N-dealkylation sites (N-methyl/N-ethyl adjacent to an activating group) is 1. The highest BCUT2D eigenvalue weighted by molar-refractivity contribution is 6.14. The summed E-state index contributed by atoms with van der Waals surface area (Å²) in [5.41, 5.74) is 7.93. The molecule has 216 valence electrons. The predicted octanol–water partition coefficient (Wildman–Crippen LogP) is 6.60. The molecular weight excluding hydrogens is 536 g/mol. The number of rotatable bonds is 6. The molecule has 1 aliphatic rings. The molecule has 0 saturated carbocycles. The van der Waals surface area contributed by atoms with Crippen LogP contribution in [0.15, 0.2) is 97.2 Å². The van der Waals surface area contributed by atoms with Crippen molar-refractivity contribution in [3.05, 3.63) is 108 Å². The van der Waals surface area contributed by atoms with Crippen LogP contribution in [0.4, 0.5) is 5.69 Å². The molecule has 0 bridgehead atoms. The lowest BCUT2D eigenvalue weighted by molar-refractivity contribution is 0.215. The first-order chi connectivity index (χ1) is 21.0. The lowest BCUT2D eigenvalue weighted by atomic mass is 9.94. The van der Waals surface area contributed by atoms with Crippen molar-refractivity contribution in [1.29, 1.82) is 0 Å². The van der Waals surface area contributed by atoms with Crippen molar-refractivity contribution >= 4 is 27.6 Å². The third-order valence-electron chi connectivity index (χ3n) is 8.61. The molecule has 1 saturated heterocycles. The summed E-state index contributed by atoms with van der Waals surface area (Å²) < 4.78 is 5.82. The first kappa shape index (κ1) is 27.0. The zero-order valence-electron chi connectivity index (χ0n) is 24.3. The van der Waals surface area contributed by atoms with Gasteiger partial charge in [-0.25, -0.2) is 4.98 Å². The summed E-state index contributed by atoms with van der Waals surface area (Å²) in [6, 6.07) is 29.9. The van der Waals surface area contributed by atoms with E-state index in [-0.39, 0.29) is 5.75 Å². The van der Waals surface area contributed by atoms with Crippen molar-refractivity contribution in [2.75, 3.05) is 45.2 Å². The van der Waals surface area contributed by atoms with Gasteiger partial charge in [0.1, 0.15) is 23.3 Å². The van der Waals surface area contributed by atoms with Crippen molar-refractivity contribution in [1.82, 2.24) is 14.9 Å². The normalized spacial score (nSPS) is 14.8. The van der Waals surface area contributed by atoms with Gasteiger partial charge in [0.05, 0.1) is 7.11 Å². The number of aromatic nitrogens is 2. The molecule has 0 radical (unpaired) electrons. The number of hydrogen-bond donors (Lipinski definition) is 3. The van der Waals surface area contributed by atoms with E-state index < -0.39 is 6.10 Å². The summed E-state index contributed by atoms with van der Waals surface area (Å²) in [5.74, 6) is 0.554. The van der Waals surface area contributed by atoms with E-state index in [0.717, 1.165) is 70.4 Å². The van der Waals surface area contributed by atoms with E-state index in [0.29, 0.717) is 16.9 Å². The van der Waals surface area contributed by atoms with Crippen LogP contribution in [-0.4, -0.2) is 65.4 Å². The Balaban J connectivity index is 1.29. The Morgan fingerprint density at radius 3 is 2.33 bits per heavy atom. The standard InChI is InChI=1S/C36H34N4O3/c1-39-16-18-40(19-17-39)26-11-8-23(9-12-26)25-10-13-31-29(20-25)34-27(14-15-37-36(34)38-31)28-21-32(41)30(22-33(28)43-2)35(42)24-6-4-3-5-7-24/h3-15,20-22,35,41-42H,16-19H2,1-2H3,(H,37,38). The van der Waals surface area contributed by atoms with Crippen LogP contribution in [0.25, 0.3) is 44.2 Å². The minimum Gasteiger partial charge on any atom is -0.508 e. The molecule has 2 aromatic heterocycles. The van der Waals surface area contributed by atoms with Gasteiger partial charge in [-0.1, -0.05) is 48.5 Å². The largest absolute Gasteiger partial charge is 0.508 e. The number of phenolic OH excluding ortho intramolecular Hbond substituents is 1. The van der Waals surface area contributed by atoms with Crippen LogP contribution in [0.1, 0.15) is 17.2 Å². The third kappa shape index (κ3) is 4.96. The number of aliphatic hydroxyl groups is 1. The fraction of sp³-hybridized carbons (Fsp3) is 0.194. The number of phenols is 1. The van der Waals surface area contributed by atoms with Gasteiger partial charge in [0, 0.05) is 65.5 Å². The van der Waals surface area contributed by atoms with Crippen LogP contribution < -0.4 is 9.64 Å². The van der Waals surface area contributed by atoms with Gasteiger partial charge in [0.15, 0.2) is 0 Å². The van der Waals surface area contributed by atoms with Crippen molar-refractivity contribution in [3.8, 4) is 33.8 Å². The van der Waals surface area contributed by atoms with Gasteiger partial charge >= 0.3 is 0 Å². The summed E-state index contributed by atoms with van der Waals surface area (Å²) in [6.07, 6.45) is 0.772. The van der Waals surface area contributed by atoms with Crippen molar-refractivity contribution in [2.45, 2.75) is 6.10 Å². The number of ether oxygens (including phenoxy) is 1. The van der Waals surface area contributed by atoms with Crippen LogP contribution in [0.3, 0.4) is 0 Å². The zero-order valence-corrected chi connectivity index (χ0v) is 24.3. The van der Waals surface area contributed by atoms with E-state index in [1.807, 2.05) is 36.4 Å². The van der Waals surface area contributed by atoms with Crippen LogP contribution in [0, 0.1) is 0 Å². The third-order valence-corrected chi connectivity index (χ3v) is 8.61. The summed E-state index contributed by atoms with van der Waals surface area (Å²) in [4.78, 5) is 12.9. The van der Waals surface area contributed by atoms with Crippen molar-refractivity contribution in [2.24, 2.45) is 0 Å². The van der Waals surface area contributed by atoms with E-state index in [9.17, 15) is 10.2 Å². The molecule has 1 fully saturated rings. The number of nitrogens with one attached hydrogen (secondary N) is 1. The van der Waals surface area contributed by atoms with E-state index in [1.54, 1.807) is 25.4 Å². The molecule has 1 atom stereocenters. The molecule has 7 rings (SSSR count). The maximum Gasteiger partial charge on any atom is 0.138 e. The van der Waals surface area contributed by atoms with Gasteiger partial charge in [-0.05, 0) is 71.8 Å². The fourth-order valence-electron chi connectivity index (χ4n) is 6.15. The quantitative estimate of drug-likeness (QED) is 0.209. The van der Waals surface area contributed by atoms with Gasteiger partial charge < -0.3 is 29.7 Å². The monoisotopic (exact) mass is 570 g/mol. The number of anilines is 1. The number of piperazine rings is 1. The summed E-state index contributed by atoms with van der Waals surface area (Å²) in [5, 5.41) is 24.1. The Kier molecular flexibility index (Phi) is 6.97. The van der Waals surface area contributed by atoms with Crippen molar-refractivity contribution < 1.29 is 14.9 Å². The Morgan fingerprint density at radius 2 is 1.58 bits per heavy atom. The molecular formula is C36H34N4O3. The zero-order chi connectivity index (χ0) is 29.5. The van der Waals surface area contributed by atoms with E-state index in [4.69, 9.17) is 4.74 Å². The first-order valence-electron chi connectivity index (χ1n) is 14.6. The molecule has 3 heterocycles. The Hall–Kier alpha value is -4.85. The highest BCUT2D eigenvalue weighted by Crippen LogP contribution is 2.43. The average molecular weight is 571 g/mol. The number of hydrogen-bond acceptors (Lipinski definition) is 6. The molecule has 7 heteroatoms. The highest BCUT2D eigenvalue weighted by Gasteiger charge is 2.21. The van der Waals surface area contributed by atoms with Gasteiger partial charge in [-0.15, -0.1) is 0 Å². The van der Waals surface area contributed by atoms with E-state index >= 15 is 0 Å². The molecule has 6 aromatic rings. The first-order valence-corrected chi connectivity index (χ1v) is 14.6. The molecule has 1 aliphatic heterocycles. The predicted molar refractivity (Wildman–Crippen MR) is 173 cm³/mol. The van der Waals surface area contributed by atoms with Gasteiger partial charge in [0.2, 0.25) is 0 Å². The second kappa shape index (κ2) is 11.1. The number of nitrogens with zero attached hydrogens (tertiary/aromatic N) is 3. The van der Waals surface area contributed by atoms with Crippen molar-refractivity contribution in [3.63, 3.8) is 0 Å². The fourth-order valence-corrected chi connectivity index (χ4v) is 6.15. The Bertz CT molecular complexity index is 1910. The van der Waals surface area contributed by atoms with Crippen LogP contribution >= 0.6 is 0 Å². The number of methoxy groups -OCH3 is 1. The molecule has 0 spiro atoms. The summed E-state index contributed by atoms with van der Waals surface area (Å²) in [6.45, 7) is 4.23. The van der Waals surface area contributed by atoms with Crippen LogP contribution in [-0.2, 0) is 0 Å². The second-order valence-corrected chi connectivity index (χ2v) is 11.2. The minimum atomic E-state index is -0.986. The number of H-pyrrole nitrogens is 1. The lowest BCUT2D eigenvalue weighted by Crippen LogP contribution is -2.44. The molecule has 0 aliphatic carbocycles. The van der Waals surface area contributed by atoms with Crippen LogP contribution in [0.5, 0.6) is 11.5 Å². The summed E-state index contributed by atoms with van der Waals surface area (Å²) in [7, 11) is 3.78. The number of fused-ring (bicyclic) bond motifs is 3. The molecule has 3 N–H and O–H groups in total. The maximum absolute atomic E-state index is 11.1. The molecule has 43 heavy (non-hydrogen) atoms. The van der Waals surface area contributed by atoms with Gasteiger partial charge in [-0.2, -0.15) is 0 Å². The Labute approximate surface area is 250 Å². The smallest absolute Gasteiger partial charge is 0.138 e. The topological polar surface area (TPSA) is 84.8 Å². The van der Waals surface area contributed by atoms with E-state index in [1.165, 1.54) is 5.69 Å². The van der Waals surface area contributed by atoms with Crippen LogP contribution in [0.2, 0.25) is 0 Å². The SMILES string of the molecule is COc1cc(C(O)c2ccccc2)c(O)cc1-c1ccnc2[nH]c3ccc(-c4ccc(N5CCN(C)CC5)cc4)cc3c12. The number of aliphatic hydroxyl groups excluding tert-OH is 1. The lowest BCUT2D eigenvalue weighted by Gasteiger charge is -2.34. The Morgan fingerprint density at radius 1 is 0.837 bits per heavy atom. The highest BCUT2D eigenvalue weighted by atomic mass is 16.5. The average Bonchev–Trinajstić information content (AvgIpc) is 3.43. The maximum atomic E-state index is 11.1. The number of benzene rings is 4. The number of aromatic amines is 1. The molecule has 4 aromatic carbocycles. The van der Waals surface area contributed by atoms with Gasteiger partial charge in [0.25, 0.3) is 0 Å². The second-order valence-electron chi connectivity index (χ2n) is 11.2. The summed E-state index contributed by atoms with van der Waals surface area (Å²) >= 11 is 0. The molecule has 0 amide bonds. The molecule has 7 nitrogen and oxygen atoms in total. The molecule has 1 unspecified atom stereocenters. The van der Waals surface area contributed by atoms with Gasteiger partial charge in [-0.3, -0.25) is 0 Å². The number of aromatic hydroxyl groups is 1. The van der Waals surface area contributed by atoms with E-state index in [2.05, 4.69) is 69.3 Å². The number of pyridine rings is 1. The minimum absolute atomic E-state index is 0.00177.